The number of hydrogen-bond acceptors (Lipinski definition) is 7. The van der Waals surface area contributed by atoms with Gasteiger partial charge in [-0.1, -0.05) is 12.1 Å². The summed E-state index contributed by atoms with van der Waals surface area (Å²) in [6, 6.07) is 10.8. The van der Waals surface area contributed by atoms with Crippen LogP contribution in [0.25, 0.3) is 22.5 Å². The molecule has 2 aromatic carbocycles. The topological polar surface area (TPSA) is 78.4 Å². The number of sulfone groups is 1. The van der Waals surface area contributed by atoms with E-state index >= 15 is 8.78 Å². The highest BCUT2D eigenvalue weighted by Gasteiger charge is 2.50. The lowest BCUT2D eigenvalue weighted by Crippen LogP contribution is -2.25. The number of alkyl halides is 6. The van der Waals surface area contributed by atoms with Gasteiger partial charge in [0, 0.05) is 16.5 Å². The minimum Gasteiger partial charge on any atom is -0.252 e. The molecule has 0 saturated heterocycles. The fourth-order valence-corrected chi connectivity index (χ4v) is 5.40. The lowest BCUT2D eigenvalue weighted by atomic mass is 9.84. The molecule has 0 aliphatic rings. The fraction of sp³-hybridized carbons (Fsp3) is 0.185. The van der Waals surface area contributed by atoms with Gasteiger partial charge in [-0.15, -0.1) is 22.4 Å². The molecule has 0 aliphatic carbocycles. The largest absolute Gasteiger partial charge is 0.550 e. The van der Waals surface area contributed by atoms with Gasteiger partial charge in [-0.3, -0.25) is 9.97 Å². The Kier molecular flexibility index (Phi) is 9.27. The van der Waals surface area contributed by atoms with E-state index in [0.29, 0.717) is 12.1 Å². The first-order valence-corrected chi connectivity index (χ1v) is 14.3. The van der Waals surface area contributed by atoms with E-state index in [9.17, 15) is 43.5 Å². The molecule has 4 aromatic rings. The van der Waals surface area contributed by atoms with Crippen LogP contribution >= 0.6 is 12.0 Å². The van der Waals surface area contributed by atoms with Gasteiger partial charge in [0.15, 0.2) is 11.6 Å². The molecule has 6 nitrogen and oxygen atoms in total. The summed E-state index contributed by atoms with van der Waals surface area (Å²) in [5.41, 5.74) is -8.54. The molecule has 0 N–H and O–H groups in total. The first kappa shape index (κ1) is 34.1. The van der Waals surface area contributed by atoms with Crippen LogP contribution in [0.5, 0.6) is 0 Å². The molecule has 0 radical (unpaired) electrons. The maximum atomic E-state index is 15.2. The lowest BCUT2D eigenvalue weighted by Gasteiger charge is -2.25. The van der Waals surface area contributed by atoms with Crippen molar-refractivity contribution in [3.05, 3.63) is 95.3 Å². The van der Waals surface area contributed by atoms with Gasteiger partial charge >= 0.3 is 11.9 Å². The molecule has 0 saturated carbocycles. The van der Waals surface area contributed by atoms with Crippen LogP contribution < -0.4 is 0 Å². The van der Waals surface area contributed by atoms with Gasteiger partial charge in [0.1, 0.15) is 21.4 Å². The number of aromatic nitrogens is 2. The Morgan fingerprint density at radius 1 is 0.689 bits per heavy atom. The summed E-state index contributed by atoms with van der Waals surface area (Å²) in [5.74, 6) is -6.56. The molecule has 18 heteroatoms. The van der Waals surface area contributed by atoms with E-state index in [1.54, 1.807) is 13.8 Å². The van der Waals surface area contributed by atoms with Crippen LogP contribution in [0.4, 0.5) is 43.9 Å². The van der Waals surface area contributed by atoms with Crippen LogP contribution in [0, 0.1) is 23.3 Å². The van der Waals surface area contributed by atoms with Crippen molar-refractivity contribution >= 4 is 21.9 Å². The molecule has 2 heterocycles. The predicted molar refractivity (Wildman–Crippen MR) is 139 cm³/mol. The molecule has 0 atom stereocenters. The number of hydrogen-bond donors (Lipinski definition) is 0. The van der Waals surface area contributed by atoms with E-state index in [2.05, 4.69) is 19.2 Å². The van der Waals surface area contributed by atoms with Crippen LogP contribution in [-0.4, -0.2) is 30.3 Å². The van der Waals surface area contributed by atoms with Gasteiger partial charge in [-0.25, -0.2) is 26.0 Å². The van der Waals surface area contributed by atoms with Gasteiger partial charge in [-0.05, 0) is 62.4 Å². The third-order valence-electron chi connectivity index (χ3n) is 6.25. The molecule has 240 valence electrons. The average molecular weight is 687 g/mol. The maximum absolute atomic E-state index is 15.2. The second-order valence-electron chi connectivity index (χ2n) is 9.55. The summed E-state index contributed by atoms with van der Waals surface area (Å²) in [5, 5.41) is 0. The third-order valence-corrected chi connectivity index (χ3v) is 8.45. The van der Waals surface area contributed by atoms with Gasteiger partial charge < -0.3 is 0 Å². The summed E-state index contributed by atoms with van der Waals surface area (Å²) in [6.45, 7) is 3.10. The van der Waals surface area contributed by atoms with Gasteiger partial charge in [0.25, 0.3) is 9.84 Å². The molecule has 0 fully saturated rings. The Bertz CT molecular complexity index is 1860. The van der Waals surface area contributed by atoms with E-state index in [0.717, 1.165) is 18.2 Å². The molecule has 45 heavy (non-hydrogen) atoms. The summed E-state index contributed by atoms with van der Waals surface area (Å²) in [6.07, 6.45) is -5.24. The zero-order valence-electron chi connectivity index (χ0n) is 22.4. The second kappa shape index (κ2) is 12.2. The fourth-order valence-electron chi connectivity index (χ4n) is 3.99. The first-order valence-electron chi connectivity index (χ1n) is 12.1. The Morgan fingerprint density at radius 3 is 1.67 bits per heavy atom. The summed E-state index contributed by atoms with van der Waals surface area (Å²) in [4.78, 5) is 8.51. The van der Waals surface area contributed by atoms with E-state index in [1.165, 1.54) is 30.3 Å². The van der Waals surface area contributed by atoms with Crippen molar-refractivity contribution in [2.75, 3.05) is 0 Å². The first-order chi connectivity index (χ1) is 20.8. The predicted octanol–water partition coefficient (Wildman–Crippen LogP) is 8.46. The van der Waals surface area contributed by atoms with Crippen molar-refractivity contribution in [3.63, 3.8) is 0 Å². The van der Waals surface area contributed by atoms with Crippen molar-refractivity contribution in [3.8, 4) is 22.5 Å². The Labute approximate surface area is 252 Å². The van der Waals surface area contributed by atoms with Crippen molar-refractivity contribution in [2.45, 2.75) is 40.9 Å². The highest BCUT2D eigenvalue weighted by Crippen LogP contribution is 2.39. The van der Waals surface area contributed by atoms with E-state index < -0.39 is 65.7 Å². The van der Waals surface area contributed by atoms with Crippen LogP contribution in [0.2, 0.25) is 0 Å². The van der Waals surface area contributed by atoms with E-state index in [1.807, 2.05) is 0 Å². The van der Waals surface area contributed by atoms with Crippen molar-refractivity contribution < 1.29 is 61.5 Å². The maximum Gasteiger partial charge on any atom is 0.550 e. The minimum atomic E-state index is -6.41. The molecule has 0 unspecified atom stereocenters. The molecular formula is C27H16F10N2O4S2. The monoisotopic (exact) mass is 686 g/mol. The Balaban J connectivity index is 1.74. The second-order valence-corrected chi connectivity index (χ2v) is 12.1. The number of nitrogens with zero attached hydrogens (tertiary/aromatic N) is 2. The summed E-state index contributed by atoms with van der Waals surface area (Å²) >= 11 is -0.363. The normalized spacial score (nSPS) is 12.9. The lowest BCUT2D eigenvalue weighted by molar-refractivity contribution is -0.440. The number of rotatable bonds is 8. The average Bonchev–Trinajstić information content (AvgIpc) is 2.94. The SMILES string of the molecule is CC(C)(c1cccc(-c2ccc(F)c(SOOC(F)(F)F)c2F)n1)c1cccc(-c2ccc(F)c(S(=O)(=O)C(F)(F)F)c2F)n1. The molecule has 0 bridgehead atoms. The number of halogens is 10. The molecule has 0 aliphatic heterocycles. The Hall–Kier alpha value is -3.74. The quantitative estimate of drug-likeness (QED) is 0.0797. The molecule has 2 aromatic heterocycles. The van der Waals surface area contributed by atoms with Crippen molar-refractivity contribution in [2.24, 2.45) is 0 Å². The number of pyridine rings is 2. The van der Waals surface area contributed by atoms with Crippen molar-refractivity contribution in [1.82, 2.24) is 9.97 Å². The standard InChI is InChI=1S/C27H16F10N2O4S2/c1-25(2,19-7-3-5-17(38-19)13-9-11-15(28)23(21(13)30)44-43-42-26(32,33)34)20-8-4-6-18(39-20)14-10-12-16(29)24(22(14)31)45(40,41)27(35,36)37/h3-12H,1-2H3. The molecule has 0 amide bonds. The summed E-state index contributed by atoms with van der Waals surface area (Å²) < 4.78 is 162. The summed E-state index contributed by atoms with van der Waals surface area (Å²) in [7, 11) is -6.41. The van der Waals surface area contributed by atoms with Crippen LogP contribution in [0.15, 0.2) is 70.5 Å². The molecule has 4 rings (SSSR count). The highest BCUT2D eigenvalue weighted by molar-refractivity contribution is 7.94. The zero-order chi connectivity index (χ0) is 33.5. The zero-order valence-corrected chi connectivity index (χ0v) is 24.0. The molecule has 0 spiro atoms. The van der Waals surface area contributed by atoms with Crippen LogP contribution in [0.3, 0.4) is 0 Å². The third kappa shape index (κ3) is 6.92. The van der Waals surface area contributed by atoms with Gasteiger partial charge in [0.2, 0.25) is 0 Å². The smallest absolute Gasteiger partial charge is 0.252 e. The molecular weight excluding hydrogens is 670 g/mol. The van der Waals surface area contributed by atoms with Gasteiger partial charge in [-0.2, -0.15) is 13.2 Å². The minimum absolute atomic E-state index is 0.0992. The van der Waals surface area contributed by atoms with E-state index in [4.69, 9.17) is 0 Å². The van der Waals surface area contributed by atoms with Gasteiger partial charge in [0.05, 0.1) is 34.8 Å². The number of benzene rings is 2. The Morgan fingerprint density at radius 2 is 1.18 bits per heavy atom. The highest BCUT2D eigenvalue weighted by atomic mass is 32.2. The van der Waals surface area contributed by atoms with E-state index in [-0.39, 0.29) is 40.4 Å². The van der Waals surface area contributed by atoms with Crippen LogP contribution in [-0.2, 0) is 24.5 Å². The van der Waals surface area contributed by atoms with Crippen LogP contribution in [0.1, 0.15) is 25.2 Å². The van der Waals surface area contributed by atoms with Crippen molar-refractivity contribution in [1.29, 1.82) is 0 Å².